The number of nitrogens with one attached hydrogen (secondary N) is 4. The Bertz CT molecular complexity index is 3450. The van der Waals surface area contributed by atoms with Crippen LogP contribution in [-0.2, 0) is 39.2 Å². The van der Waals surface area contributed by atoms with Crippen molar-refractivity contribution >= 4 is 83.6 Å². The molecular formula is C52H61N10O13S2+. The summed E-state index contributed by atoms with van der Waals surface area (Å²) in [6, 6.07) is 26.1. The molecule has 10 N–H and O–H groups in total. The third kappa shape index (κ3) is 16.5. The van der Waals surface area contributed by atoms with E-state index in [9.17, 15) is 55.8 Å². The van der Waals surface area contributed by atoms with Gasteiger partial charge in [-0.25, -0.2) is 36.5 Å². The number of carbonyl (C=O) groups is 6. The van der Waals surface area contributed by atoms with E-state index >= 15 is 0 Å². The zero-order valence-electron chi connectivity index (χ0n) is 42.7. The Morgan fingerprint density at radius 1 is 0.610 bits per heavy atom. The van der Waals surface area contributed by atoms with E-state index in [4.69, 9.17) is 14.7 Å². The summed E-state index contributed by atoms with van der Waals surface area (Å²) in [5.74, 6) is -4.11. The van der Waals surface area contributed by atoms with Crippen molar-refractivity contribution < 1.29 is 60.2 Å². The molecule has 0 fully saturated rings. The van der Waals surface area contributed by atoms with Crippen LogP contribution in [0.25, 0.3) is 33.4 Å². The molecular weight excluding hydrogens is 1040 g/mol. The van der Waals surface area contributed by atoms with Crippen LogP contribution in [0.1, 0.15) is 40.0 Å². The number of aliphatic carboxylic acids is 1. The molecule has 23 nitrogen and oxygen atoms in total. The van der Waals surface area contributed by atoms with Gasteiger partial charge in [-0.3, -0.25) is 33.8 Å². The second-order valence-electron chi connectivity index (χ2n) is 18.4. The maximum absolute atomic E-state index is 13.4. The van der Waals surface area contributed by atoms with Crippen molar-refractivity contribution in [3.05, 3.63) is 120 Å². The number of hydrogen-bond donors (Lipinski definition) is 8. The second-order valence-corrected chi connectivity index (χ2v) is 21.5. The fourth-order valence-electron chi connectivity index (χ4n) is 8.18. The molecule has 0 saturated heterocycles. The summed E-state index contributed by atoms with van der Waals surface area (Å²) in [6.45, 7) is -1.43. The van der Waals surface area contributed by atoms with E-state index in [0.717, 1.165) is 11.0 Å². The molecule has 4 aromatic rings. The molecule has 6 rings (SSSR count). The summed E-state index contributed by atoms with van der Waals surface area (Å²) < 4.78 is 55.0. The number of anilines is 3. The van der Waals surface area contributed by atoms with Crippen molar-refractivity contribution in [3.63, 3.8) is 0 Å². The van der Waals surface area contributed by atoms with Gasteiger partial charge in [0.2, 0.25) is 43.1 Å². The van der Waals surface area contributed by atoms with E-state index in [0.29, 0.717) is 52.7 Å². The van der Waals surface area contributed by atoms with Crippen LogP contribution >= 0.6 is 0 Å². The first kappa shape index (κ1) is 58.2. The molecule has 0 unspecified atom stereocenters. The molecule has 4 amide bonds. The summed E-state index contributed by atoms with van der Waals surface area (Å²) >= 11 is 0. The van der Waals surface area contributed by atoms with Crippen LogP contribution in [0.4, 0.5) is 17.1 Å². The second kappa shape index (κ2) is 25.6. The van der Waals surface area contributed by atoms with Gasteiger partial charge in [0.1, 0.15) is 25.4 Å². The molecule has 0 radical (unpaired) electrons. The lowest BCUT2D eigenvalue weighted by Gasteiger charge is -2.26. The van der Waals surface area contributed by atoms with E-state index in [1.54, 1.807) is 12.1 Å². The predicted octanol–water partition coefficient (Wildman–Crippen LogP) is 2.28. The van der Waals surface area contributed by atoms with E-state index in [1.165, 1.54) is 64.4 Å². The van der Waals surface area contributed by atoms with Gasteiger partial charge in [0.05, 0.1) is 47.6 Å². The fourth-order valence-corrected chi connectivity index (χ4v) is 9.21. The smallest absolute Gasteiger partial charge is 0.336 e. The van der Waals surface area contributed by atoms with Crippen LogP contribution in [0.2, 0.25) is 0 Å². The van der Waals surface area contributed by atoms with Crippen LogP contribution in [-0.4, -0.2) is 153 Å². The lowest BCUT2D eigenvalue weighted by molar-refractivity contribution is -0.139. The van der Waals surface area contributed by atoms with Crippen LogP contribution in [0.15, 0.2) is 117 Å². The van der Waals surface area contributed by atoms with E-state index in [1.807, 2.05) is 74.1 Å². The molecule has 0 atom stereocenters. The number of unbranched alkanes of at least 4 members (excludes halogenated alkanes) is 2. The highest BCUT2D eigenvalue weighted by atomic mass is 32.2. The highest BCUT2D eigenvalue weighted by Crippen LogP contribution is 2.42. The fraction of sp³-hybridized carbons (Fsp3) is 0.288. The minimum atomic E-state index is -4.00. The first-order chi connectivity index (χ1) is 36.4. The van der Waals surface area contributed by atoms with Gasteiger partial charge in [0.15, 0.2) is 0 Å². The number of nitrogens with two attached hydrogens (primary N) is 2. The van der Waals surface area contributed by atoms with Crippen molar-refractivity contribution in [3.8, 4) is 22.5 Å². The average molecular weight is 1100 g/mol. The SMILES string of the molecule is CN(C)c1ccc2c(-c3ccc(C(=O)NCCCCCNC(=O)CN(CCN(CC(=O)O)CC(=O)Nc4ccc(S(N)(=O)=O)cc4)CC(=O)Nc4ccc(S(N)(=O)=O)cc4)cc3C(=O)O)c3ccc(=[N+](C)C)cc-3oc2c1. The number of rotatable bonds is 25. The Kier molecular flexibility index (Phi) is 19.4. The van der Waals surface area contributed by atoms with Gasteiger partial charge < -0.3 is 40.8 Å². The number of amides is 4. The molecule has 25 heteroatoms. The zero-order valence-corrected chi connectivity index (χ0v) is 44.4. The number of primary sulfonamides is 2. The Balaban J connectivity index is 1.05. The Morgan fingerprint density at radius 3 is 1.66 bits per heavy atom. The van der Waals surface area contributed by atoms with Gasteiger partial charge >= 0.3 is 11.9 Å². The first-order valence-corrected chi connectivity index (χ1v) is 27.1. The highest BCUT2D eigenvalue weighted by Gasteiger charge is 2.25. The van der Waals surface area contributed by atoms with E-state index < -0.39 is 68.7 Å². The molecule has 408 valence electrons. The lowest BCUT2D eigenvalue weighted by Crippen LogP contribution is -2.46. The van der Waals surface area contributed by atoms with E-state index in [2.05, 4.69) is 21.3 Å². The Morgan fingerprint density at radius 2 is 1.14 bits per heavy atom. The summed E-state index contributed by atoms with van der Waals surface area (Å²) in [5, 5.41) is 42.8. The summed E-state index contributed by atoms with van der Waals surface area (Å²) in [4.78, 5) is 81.8. The zero-order chi connectivity index (χ0) is 56.2. The molecule has 1 aliphatic heterocycles. The molecule has 1 heterocycles. The quantitative estimate of drug-likeness (QED) is 0.0232. The monoisotopic (exact) mass is 1100 g/mol. The first-order valence-electron chi connectivity index (χ1n) is 24.0. The van der Waals surface area contributed by atoms with Crippen molar-refractivity contribution in [2.24, 2.45) is 10.3 Å². The highest BCUT2D eigenvalue weighted by molar-refractivity contribution is 7.89. The maximum atomic E-state index is 13.4. The van der Waals surface area contributed by atoms with Gasteiger partial charge in [0.25, 0.3) is 5.91 Å². The van der Waals surface area contributed by atoms with Gasteiger partial charge in [-0.05, 0) is 104 Å². The maximum Gasteiger partial charge on any atom is 0.336 e. The number of nitrogens with zero attached hydrogens (tertiary/aromatic N) is 4. The third-order valence-corrected chi connectivity index (χ3v) is 13.9. The largest absolute Gasteiger partial charge is 0.480 e. The summed E-state index contributed by atoms with van der Waals surface area (Å²) in [7, 11) is -0.341. The average Bonchev–Trinajstić information content (AvgIpc) is 3.39. The number of benzene rings is 5. The standard InChI is InChI=1S/C52H60N10O13S2/c1-59(2)36-13-20-41-44(27-36)75-45-28-37(60(3)4)14-21-42(45)50(41)40-19-8-33(26-43(40)52(69)70)51(68)56-23-7-5-6-22-55-46(63)29-61(30-47(64)57-34-9-15-38(16-10-34)76(53,71)72)24-25-62(32-49(66)67)31-48(65)58-35-11-17-39(18-12-35)77(54,73)74/h8-21,26-28H,5-7,22-25,29-32H2,1-4H3,(H9-,53,54,55,56,57,58,63,64,65,66,67,68,69,70,71,72,73,74)/p+1. The van der Waals surface area contributed by atoms with Crippen molar-refractivity contribution in [2.45, 2.75) is 29.1 Å². The van der Waals surface area contributed by atoms with Gasteiger partial charge in [0, 0.05) is 91.5 Å². The molecule has 2 aliphatic rings. The van der Waals surface area contributed by atoms with Crippen LogP contribution in [0, 0.1) is 0 Å². The summed E-state index contributed by atoms with van der Waals surface area (Å²) in [6.07, 6.45) is 1.58. The molecule has 4 aromatic carbocycles. The van der Waals surface area contributed by atoms with Gasteiger partial charge in [-0.15, -0.1) is 0 Å². The van der Waals surface area contributed by atoms with Crippen LogP contribution in [0.3, 0.4) is 0 Å². The Labute approximate surface area is 444 Å². The number of sulfonamides is 2. The lowest BCUT2D eigenvalue weighted by atomic mass is 9.89. The number of fused-ring (bicyclic) bond motifs is 2. The number of carboxylic acid groups (broad SMARTS) is 2. The van der Waals surface area contributed by atoms with Gasteiger partial charge in [-0.1, -0.05) is 6.07 Å². The third-order valence-electron chi connectivity index (χ3n) is 12.1. The number of carboxylic acids is 2. The predicted molar refractivity (Wildman–Crippen MR) is 289 cm³/mol. The van der Waals surface area contributed by atoms with Crippen LogP contribution < -0.4 is 46.4 Å². The topological polar surface area (TPSA) is 337 Å². The number of hydrogen-bond acceptors (Lipinski definition) is 14. The van der Waals surface area contributed by atoms with Crippen molar-refractivity contribution in [1.29, 1.82) is 0 Å². The number of aromatic carboxylic acids is 1. The summed E-state index contributed by atoms with van der Waals surface area (Å²) in [5.41, 5.74) is 3.74. The number of carbonyl (C=O) groups excluding carboxylic acids is 4. The van der Waals surface area contributed by atoms with Crippen molar-refractivity contribution in [1.82, 2.24) is 25.0 Å². The molecule has 0 spiro atoms. The Hall–Kier alpha value is -8.07. The van der Waals surface area contributed by atoms with Crippen molar-refractivity contribution in [2.75, 3.05) is 96.1 Å². The molecule has 0 bridgehead atoms. The van der Waals surface area contributed by atoms with Gasteiger partial charge in [-0.2, -0.15) is 0 Å². The minimum absolute atomic E-state index is 0.0677. The van der Waals surface area contributed by atoms with E-state index in [-0.39, 0.29) is 71.6 Å². The minimum Gasteiger partial charge on any atom is -0.480 e. The van der Waals surface area contributed by atoms with Crippen LogP contribution in [0.5, 0.6) is 0 Å². The molecule has 0 aromatic heterocycles. The molecule has 1 aliphatic carbocycles. The molecule has 0 saturated carbocycles. The molecule has 77 heavy (non-hydrogen) atoms. The normalized spacial score (nSPS) is 11.6.